The maximum absolute atomic E-state index is 12.0. The maximum atomic E-state index is 12.0. The van der Waals surface area contributed by atoms with Crippen molar-refractivity contribution in [2.75, 3.05) is 6.61 Å². The zero-order chi connectivity index (χ0) is 14.8. The Hall–Kier alpha value is -1.65. The summed E-state index contributed by atoms with van der Waals surface area (Å²) in [7, 11) is 0. The smallest absolute Gasteiger partial charge is 0.210 e. The molecule has 0 spiro atoms. The molecule has 3 rings (SSSR count). The van der Waals surface area contributed by atoms with E-state index in [0.29, 0.717) is 5.75 Å². The number of aryl methyl sites for hydroxylation is 1. The molecule has 4 heteroatoms. The van der Waals surface area contributed by atoms with Crippen molar-refractivity contribution >= 4 is 43.8 Å². The average molecular weight is 361 g/mol. The largest absolute Gasteiger partial charge is 0.485 e. The number of hydrogen-bond donors (Lipinski definition) is 0. The van der Waals surface area contributed by atoms with Crippen LogP contribution >= 0.6 is 27.3 Å². The molecule has 0 fully saturated rings. The van der Waals surface area contributed by atoms with E-state index in [1.165, 1.54) is 11.3 Å². The van der Waals surface area contributed by atoms with Crippen LogP contribution in [0.25, 0.3) is 10.8 Å². The second kappa shape index (κ2) is 6.00. The molecule has 0 amide bonds. The van der Waals surface area contributed by atoms with Gasteiger partial charge in [-0.05, 0) is 54.1 Å². The Morgan fingerprint density at radius 2 is 1.86 bits per heavy atom. The van der Waals surface area contributed by atoms with Crippen LogP contribution in [0.4, 0.5) is 0 Å². The molecule has 106 valence electrons. The highest BCUT2D eigenvalue weighted by molar-refractivity contribution is 9.10. The quantitative estimate of drug-likeness (QED) is 0.595. The second-order valence-electron chi connectivity index (χ2n) is 4.78. The number of fused-ring (bicyclic) bond motifs is 1. The number of carbonyl (C=O) groups excluding carboxylic acids is 1. The van der Waals surface area contributed by atoms with Gasteiger partial charge in [-0.1, -0.05) is 28.1 Å². The number of halogens is 1. The van der Waals surface area contributed by atoms with E-state index in [9.17, 15) is 4.79 Å². The molecule has 0 saturated carbocycles. The molecular weight excluding hydrogens is 348 g/mol. The van der Waals surface area contributed by atoms with Gasteiger partial charge < -0.3 is 4.74 Å². The van der Waals surface area contributed by atoms with Gasteiger partial charge in [-0.25, -0.2) is 0 Å². The number of hydrogen-bond acceptors (Lipinski definition) is 3. The Labute approximate surface area is 135 Å². The lowest BCUT2D eigenvalue weighted by atomic mass is 10.1. The first-order valence-corrected chi connectivity index (χ1v) is 8.14. The number of benzene rings is 2. The minimum absolute atomic E-state index is 0.0176. The molecular formula is C17H13BrO2S. The second-order valence-corrected chi connectivity index (χ2v) is 6.98. The van der Waals surface area contributed by atoms with Gasteiger partial charge in [0.25, 0.3) is 0 Å². The highest BCUT2D eigenvalue weighted by Gasteiger charge is 2.09. The minimum Gasteiger partial charge on any atom is -0.485 e. The van der Waals surface area contributed by atoms with E-state index >= 15 is 0 Å². The van der Waals surface area contributed by atoms with Crippen molar-refractivity contribution < 1.29 is 9.53 Å². The fraction of sp³-hybridized carbons (Fsp3) is 0.118. The van der Waals surface area contributed by atoms with Gasteiger partial charge in [-0.2, -0.15) is 0 Å². The van der Waals surface area contributed by atoms with E-state index in [-0.39, 0.29) is 12.4 Å². The number of carbonyl (C=O) groups is 1. The van der Waals surface area contributed by atoms with E-state index in [4.69, 9.17) is 4.74 Å². The van der Waals surface area contributed by atoms with E-state index < -0.39 is 0 Å². The summed E-state index contributed by atoms with van der Waals surface area (Å²) in [5.41, 5.74) is 0. The number of thiophene rings is 1. The minimum atomic E-state index is 0.0176. The van der Waals surface area contributed by atoms with E-state index in [1.54, 1.807) is 0 Å². The van der Waals surface area contributed by atoms with Crippen LogP contribution < -0.4 is 4.74 Å². The first-order valence-electron chi connectivity index (χ1n) is 6.53. The fourth-order valence-electron chi connectivity index (χ4n) is 2.09. The van der Waals surface area contributed by atoms with Crippen molar-refractivity contribution in [1.29, 1.82) is 0 Å². The van der Waals surface area contributed by atoms with Gasteiger partial charge in [-0.15, -0.1) is 11.3 Å². The van der Waals surface area contributed by atoms with Gasteiger partial charge in [0.15, 0.2) is 6.61 Å². The summed E-state index contributed by atoms with van der Waals surface area (Å²) in [6, 6.07) is 15.7. The number of ether oxygens (including phenoxy) is 1. The van der Waals surface area contributed by atoms with Gasteiger partial charge in [0, 0.05) is 9.35 Å². The summed E-state index contributed by atoms with van der Waals surface area (Å²) in [5.74, 6) is 0.732. The molecule has 2 nitrogen and oxygen atoms in total. The van der Waals surface area contributed by atoms with Gasteiger partial charge >= 0.3 is 0 Å². The Kier molecular flexibility index (Phi) is 4.08. The van der Waals surface area contributed by atoms with E-state index in [1.807, 2.05) is 49.4 Å². The van der Waals surface area contributed by atoms with Gasteiger partial charge in [0.1, 0.15) is 5.75 Å². The summed E-state index contributed by atoms with van der Waals surface area (Å²) < 4.78 is 6.66. The third-order valence-electron chi connectivity index (χ3n) is 3.16. The molecule has 3 aromatic rings. The standard InChI is InChI=1S/C17H13BrO2S/c1-11-2-7-17(21-11)16(19)10-20-15-6-4-12-8-14(18)5-3-13(12)9-15/h2-9H,10H2,1H3. The molecule has 2 aromatic carbocycles. The van der Waals surface area contributed by atoms with Crippen LogP contribution in [0.5, 0.6) is 5.75 Å². The van der Waals surface area contributed by atoms with Crippen molar-refractivity contribution in [1.82, 2.24) is 0 Å². The van der Waals surface area contributed by atoms with Crippen LogP contribution in [-0.2, 0) is 0 Å². The summed E-state index contributed by atoms with van der Waals surface area (Å²) in [6.45, 7) is 2.06. The summed E-state index contributed by atoms with van der Waals surface area (Å²) in [4.78, 5) is 13.9. The van der Waals surface area contributed by atoms with Crippen LogP contribution in [-0.4, -0.2) is 12.4 Å². The monoisotopic (exact) mass is 360 g/mol. The number of rotatable bonds is 4. The lowest BCUT2D eigenvalue weighted by Gasteiger charge is -2.06. The predicted molar refractivity (Wildman–Crippen MR) is 90.5 cm³/mol. The molecule has 21 heavy (non-hydrogen) atoms. The highest BCUT2D eigenvalue weighted by atomic mass is 79.9. The lowest BCUT2D eigenvalue weighted by Crippen LogP contribution is -2.09. The van der Waals surface area contributed by atoms with Crippen LogP contribution in [0.2, 0.25) is 0 Å². The zero-order valence-corrected chi connectivity index (χ0v) is 13.8. The third kappa shape index (κ3) is 3.34. The summed E-state index contributed by atoms with van der Waals surface area (Å²) >= 11 is 4.95. The van der Waals surface area contributed by atoms with Crippen molar-refractivity contribution in [3.05, 3.63) is 62.8 Å². The number of ketones is 1. The molecule has 1 aromatic heterocycles. The SMILES string of the molecule is Cc1ccc(C(=O)COc2ccc3cc(Br)ccc3c2)s1. The highest BCUT2D eigenvalue weighted by Crippen LogP contribution is 2.24. The first-order chi connectivity index (χ1) is 10.1. The summed E-state index contributed by atoms with van der Waals surface area (Å²) in [5, 5.41) is 2.23. The molecule has 1 heterocycles. The molecule has 0 unspecified atom stereocenters. The topological polar surface area (TPSA) is 26.3 Å². The van der Waals surface area contributed by atoms with Crippen LogP contribution in [0.15, 0.2) is 53.0 Å². The molecule has 0 atom stereocenters. The zero-order valence-electron chi connectivity index (χ0n) is 11.4. The van der Waals surface area contributed by atoms with Crippen LogP contribution in [0, 0.1) is 6.92 Å². The van der Waals surface area contributed by atoms with Crippen LogP contribution in [0.1, 0.15) is 14.5 Å². The molecule has 0 aliphatic heterocycles. The Morgan fingerprint density at radius 1 is 1.10 bits per heavy atom. The Bertz CT molecular complexity index is 807. The number of Topliss-reactive ketones (excluding diaryl/α,β-unsaturated/α-hetero) is 1. The fourth-order valence-corrected chi connectivity index (χ4v) is 3.26. The molecule has 0 bridgehead atoms. The maximum Gasteiger partial charge on any atom is 0.210 e. The van der Waals surface area contributed by atoms with E-state index in [2.05, 4.69) is 22.0 Å². The summed E-state index contributed by atoms with van der Waals surface area (Å²) in [6.07, 6.45) is 0. The van der Waals surface area contributed by atoms with Gasteiger partial charge in [0.05, 0.1) is 4.88 Å². The first kappa shape index (κ1) is 14.3. The third-order valence-corrected chi connectivity index (χ3v) is 4.69. The molecule has 0 N–H and O–H groups in total. The molecule has 0 saturated heterocycles. The van der Waals surface area contributed by atoms with Gasteiger partial charge in [-0.3, -0.25) is 4.79 Å². The molecule has 0 aliphatic carbocycles. The van der Waals surface area contributed by atoms with Crippen molar-refractivity contribution in [2.45, 2.75) is 6.92 Å². The predicted octanol–water partition coefficient (Wildman–Crippen LogP) is 5.23. The van der Waals surface area contributed by atoms with Crippen molar-refractivity contribution in [3.63, 3.8) is 0 Å². The van der Waals surface area contributed by atoms with Gasteiger partial charge in [0.2, 0.25) is 5.78 Å². The normalized spacial score (nSPS) is 10.8. The Morgan fingerprint density at radius 3 is 2.62 bits per heavy atom. The lowest BCUT2D eigenvalue weighted by molar-refractivity contribution is 0.0925. The van der Waals surface area contributed by atoms with E-state index in [0.717, 1.165) is 25.0 Å². The average Bonchev–Trinajstić information content (AvgIpc) is 2.91. The van der Waals surface area contributed by atoms with Crippen molar-refractivity contribution in [2.24, 2.45) is 0 Å². The molecule has 0 aliphatic rings. The van der Waals surface area contributed by atoms with Crippen LogP contribution in [0.3, 0.4) is 0 Å². The van der Waals surface area contributed by atoms with Crippen molar-refractivity contribution in [3.8, 4) is 5.75 Å². The molecule has 0 radical (unpaired) electrons. The Balaban J connectivity index is 1.73.